The van der Waals surface area contributed by atoms with Crippen molar-refractivity contribution < 1.29 is 4.74 Å². The first-order valence-electron chi connectivity index (χ1n) is 9.01. The molecule has 0 fully saturated rings. The molecule has 128 valence electrons. The van der Waals surface area contributed by atoms with Crippen LogP contribution in [0.1, 0.15) is 47.0 Å². The zero-order valence-electron chi connectivity index (χ0n) is 15.0. The lowest BCUT2D eigenvalue weighted by molar-refractivity contribution is 0.132. The normalized spacial score (nSPS) is 11.7. The molecule has 0 radical (unpaired) electrons. The van der Waals surface area contributed by atoms with Gasteiger partial charge in [0, 0.05) is 26.2 Å². The van der Waals surface area contributed by atoms with Crippen LogP contribution in [0, 0.1) is 0 Å². The van der Waals surface area contributed by atoms with E-state index >= 15 is 0 Å². The molecule has 4 heteroatoms. The van der Waals surface area contributed by atoms with E-state index in [9.17, 15) is 0 Å². The first kappa shape index (κ1) is 20.8. The summed E-state index contributed by atoms with van der Waals surface area (Å²) in [4.78, 5) is 5.04. The lowest BCUT2D eigenvalue weighted by atomic mass is 10.3. The van der Waals surface area contributed by atoms with E-state index in [4.69, 9.17) is 4.74 Å². The monoisotopic (exact) mass is 301 g/mol. The van der Waals surface area contributed by atoms with Crippen molar-refractivity contribution in [1.29, 1.82) is 0 Å². The van der Waals surface area contributed by atoms with E-state index in [2.05, 4.69) is 42.8 Å². The molecule has 0 rings (SSSR count). The number of hydrogen-bond donors (Lipinski definition) is 1. The third-order valence-electron chi connectivity index (χ3n) is 3.96. The molecular weight excluding hydrogens is 262 g/mol. The highest BCUT2D eigenvalue weighted by Crippen LogP contribution is 1.95. The van der Waals surface area contributed by atoms with Gasteiger partial charge in [0.05, 0.1) is 6.61 Å². The Kier molecular flexibility index (Phi) is 16.1. The minimum atomic E-state index is 0.841. The van der Waals surface area contributed by atoms with E-state index < -0.39 is 0 Å². The second-order valence-corrected chi connectivity index (χ2v) is 5.53. The van der Waals surface area contributed by atoms with Gasteiger partial charge in [0.15, 0.2) is 0 Å². The Bertz CT molecular complexity index is 198. The molecular formula is C17H39N3O. The van der Waals surface area contributed by atoms with Crippen LogP contribution in [-0.4, -0.2) is 75.4 Å². The lowest BCUT2D eigenvalue weighted by Crippen LogP contribution is -2.35. The molecule has 0 unspecified atom stereocenters. The van der Waals surface area contributed by atoms with Crippen LogP contribution >= 0.6 is 0 Å². The summed E-state index contributed by atoms with van der Waals surface area (Å²) in [6.07, 6.45) is 3.66. The van der Waals surface area contributed by atoms with Crippen molar-refractivity contribution in [3.63, 3.8) is 0 Å². The molecule has 0 spiro atoms. The summed E-state index contributed by atoms with van der Waals surface area (Å²) in [5.41, 5.74) is 0. The Labute approximate surface area is 133 Å². The molecule has 0 saturated heterocycles. The molecule has 0 aliphatic heterocycles. The highest BCUT2D eigenvalue weighted by molar-refractivity contribution is 4.61. The van der Waals surface area contributed by atoms with E-state index in [0.717, 1.165) is 39.4 Å². The van der Waals surface area contributed by atoms with Crippen LogP contribution in [0.25, 0.3) is 0 Å². The largest absolute Gasteiger partial charge is 0.380 e. The number of nitrogens with one attached hydrogen (secondary N) is 1. The summed E-state index contributed by atoms with van der Waals surface area (Å²) in [6, 6.07) is 0. The van der Waals surface area contributed by atoms with Gasteiger partial charge in [0.1, 0.15) is 0 Å². The SMILES string of the molecule is CCCCOCCNCCN(CC)CCCN(CC)CC. The molecule has 0 saturated carbocycles. The molecule has 0 aromatic rings. The fraction of sp³-hybridized carbons (Fsp3) is 1.00. The van der Waals surface area contributed by atoms with Gasteiger partial charge in [-0.15, -0.1) is 0 Å². The fourth-order valence-corrected chi connectivity index (χ4v) is 2.34. The predicted molar refractivity (Wildman–Crippen MR) is 93.1 cm³/mol. The van der Waals surface area contributed by atoms with Crippen LogP contribution in [0.15, 0.2) is 0 Å². The molecule has 4 nitrogen and oxygen atoms in total. The van der Waals surface area contributed by atoms with Gasteiger partial charge < -0.3 is 19.9 Å². The number of rotatable bonds is 16. The number of unbranched alkanes of at least 4 members (excludes halogenated alkanes) is 1. The summed E-state index contributed by atoms with van der Waals surface area (Å²) >= 11 is 0. The second kappa shape index (κ2) is 16.2. The van der Waals surface area contributed by atoms with Crippen LogP contribution in [0.4, 0.5) is 0 Å². The maximum Gasteiger partial charge on any atom is 0.0590 e. The van der Waals surface area contributed by atoms with Crippen LogP contribution in [0.2, 0.25) is 0 Å². The Morgan fingerprint density at radius 1 is 0.714 bits per heavy atom. The zero-order valence-corrected chi connectivity index (χ0v) is 15.0. The predicted octanol–water partition coefficient (Wildman–Crippen LogP) is 2.45. The number of hydrogen-bond acceptors (Lipinski definition) is 4. The van der Waals surface area contributed by atoms with Crippen LogP contribution in [-0.2, 0) is 4.74 Å². The van der Waals surface area contributed by atoms with Crippen molar-refractivity contribution in [3.05, 3.63) is 0 Å². The first-order chi connectivity index (χ1) is 10.3. The molecule has 0 aromatic carbocycles. The third kappa shape index (κ3) is 13.2. The summed E-state index contributed by atoms with van der Waals surface area (Å²) in [5.74, 6) is 0. The van der Waals surface area contributed by atoms with E-state index in [1.165, 1.54) is 45.4 Å². The quantitative estimate of drug-likeness (QED) is 0.443. The molecule has 0 aliphatic carbocycles. The molecule has 0 atom stereocenters. The van der Waals surface area contributed by atoms with E-state index in [1.54, 1.807) is 0 Å². The maximum atomic E-state index is 5.54. The Balaban J connectivity index is 3.44. The molecule has 0 bridgehead atoms. The average molecular weight is 302 g/mol. The summed E-state index contributed by atoms with van der Waals surface area (Å²) in [6.45, 7) is 19.8. The van der Waals surface area contributed by atoms with E-state index in [1.807, 2.05) is 0 Å². The molecule has 21 heavy (non-hydrogen) atoms. The van der Waals surface area contributed by atoms with Crippen LogP contribution < -0.4 is 5.32 Å². The lowest BCUT2D eigenvalue weighted by Gasteiger charge is -2.23. The standard InChI is InChI=1S/C17H39N3O/c1-5-9-16-21-17-12-18-11-15-20(8-4)14-10-13-19(6-2)7-3/h18H,5-17H2,1-4H3. The molecule has 0 aliphatic rings. The smallest absolute Gasteiger partial charge is 0.0590 e. The van der Waals surface area contributed by atoms with Crippen molar-refractivity contribution in [2.24, 2.45) is 0 Å². The van der Waals surface area contributed by atoms with Crippen molar-refractivity contribution in [2.75, 3.05) is 65.6 Å². The minimum absolute atomic E-state index is 0.841. The molecule has 0 heterocycles. The van der Waals surface area contributed by atoms with Gasteiger partial charge in [0.2, 0.25) is 0 Å². The van der Waals surface area contributed by atoms with E-state index in [-0.39, 0.29) is 0 Å². The number of likely N-dealkylation sites (N-methyl/N-ethyl adjacent to an activating group) is 1. The second-order valence-electron chi connectivity index (χ2n) is 5.53. The van der Waals surface area contributed by atoms with Gasteiger partial charge in [0.25, 0.3) is 0 Å². The Morgan fingerprint density at radius 2 is 1.38 bits per heavy atom. The highest BCUT2D eigenvalue weighted by Gasteiger charge is 2.03. The Morgan fingerprint density at radius 3 is 2.00 bits per heavy atom. The van der Waals surface area contributed by atoms with Gasteiger partial charge in [-0.1, -0.05) is 34.1 Å². The topological polar surface area (TPSA) is 27.7 Å². The van der Waals surface area contributed by atoms with E-state index in [0.29, 0.717) is 0 Å². The zero-order chi connectivity index (χ0) is 15.8. The van der Waals surface area contributed by atoms with Gasteiger partial charge in [-0.3, -0.25) is 0 Å². The summed E-state index contributed by atoms with van der Waals surface area (Å²) < 4.78 is 5.54. The van der Waals surface area contributed by atoms with Crippen molar-refractivity contribution in [1.82, 2.24) is 15.1 Å². The summed E-state index contributed by atoms with van der Waals surface area (Å²) in [7, 11) is 0. The Hall–Kier alpha value is -0.160. The maximum absolute atomic E-state index is 5.54. The van der Waals surface area contributed by atoms with Gasteiger partial charge in [-0.05, 0) is 45.6 Å². The van der Waals surface area contributed by atoms with Crippen molar-refractivity contribution >= 4 is 0 Å². The molecule has 0 aromatic heterocycles. The van der Waals surface area contributed by atoms with Gasteiger partial charge >= 0.3 is 0 Å². The van der Waals surface area contributed by atoms with Crippen molar-refractivity contribution in [2.45, 2.75) is 47.0 Å². The first-order valence-corrected chi connectivity index (χ1v) is 9.01. The number of ether oxygens (including phenoxy) is 1. The molecule has 0 amide bonds. The van der Waals surface area contributed by atoms with Crippen LogP contribution in [0.3, 0.4) is 0 Å². The average Bonchev–Trinajstić information content (AvgIpc) is 2.52. The van der Waals surface area contributed by atoms with Gasteiger partial charge in [-0.2, -0.15) is 0 Å². The van der Waals surface area contributed by atoms with Gasteiger partial charge in [-0.25, -0.2) is 0 Å². The fourth-order valence-electron chi connectivity index (χ4n) is 2.34. The highest BCUT2D eigenvalue weighted by atomic mass is 16.5. The summed E-state index contributed by atoms with van der Waals surface area (Å²) in [5, 5.41) is 3.47. The minimum Gasteiger partial charge on any atom is -0.380 e. The van der Waals surface area contributed by atoms with Crippen molar-refractivity contribution in [3.8, 4) is 0 Å². The third-order valence-corrected chi connectivity index (χ3v) is 3.96. The number of nitrogens with zero attached hydrogens (tertiary/aromatic N) is 2. The van der Waals surface area contributed by atoms with Crippen LogP contribution in [0.5, 0.6) is 0 Å². The molecule has 1 N–H and O–H groups in total.